The first-order valence-electron chi connectivity index (χ1n) is 8.03. The quantitative estimate of drug-likeness (QED) is 0.707. The number of carbonyl (C=O) groups excluding carboxylic acids is 1. The number of aliphatic hydroxyl groups excluding tert-OH is 1. The molecule has 2 aromatic heterocycles. The molecule has 2 N–H and O–H groups in total. The molecule has 0 saturated heterocycles. The molecule has 25 heavy (non-hydrogen) atoms. The van der Waals surface area contributed by atoms with Crippen molar-refractivity contribution in [1.29, 1.82) is 0 Å². The van der Waals surface area contributed by atoms with Gasteiger partial charge in [-0.05, 0) is 5.56 Å². The molecule has 0 aliphatic rings. The number of aryl methyl sites for hydroxylation is 2. The molecule has 2 heterocycles. The number of nitrogens with one attached hydrogen (secondary N) is 1. The summed E-state index contributed by atoms with van der Waals surface area (Å²) in [4.78, 5) is 12.7. The van der Waals surface area contributed by atoms with Gasteiger partial charge in [0.2, 0.25) is 0 Å². The first-order chi connectivity index (χ1) is 12.1. The predicted octanol–water partition coefficient (Wildman–Crippen LogP) is 1.21. The minimum absolute atomic E-state index is 0.203. The SMILES string of the molecule is Cn1cc(C(CO)NC(=O)c2cnn(C)c2Cc2ccccc2)cn1. The van der Waals surface area contributed by atoms with Crippen molar-refractivity contribution in [3.63, 3.8) is 0 Å². The Hall–Kier alpha value is -2.93. The third-order valence-corrected chi connectivity index (χ3v) is 4.14. The maximum absolute atomic E-state index is 12.7. The Bertz CT molecular complexity index is 853. The van der Waals surface area contributed by atoms with E-state index in [9.17, 15) is 9.90 Å². The third kappa shape index (κ3) is 3.77. The molecule has 1 aromatic carbocycles. The summed E-state index contributed by atoms with van der Waals surface area (Å²) in [5.41, 5.74) is 3.19. The molecule has 1 atom stereocenters. The molecule has 0 aliphatic carbocycles. The Morgan fingerprint density at radius 1 is 1.20 bits per heavy atom. The van der Waals surface area contributed by atoms with Gasteiger partial charge in [0, 0.05) is 32.3 Å². The van der Waals surface area contributed by atoms with E-state index in [1.807, 2.05) is 37.4 Å². The van der Waals surface area contributed by atoms with Crippen LogP contribution in [0.2, 0.25) is 0 Å². The van der Waals surface area contributed by atoms with Crippen LogP contribution in [0.15, 0.2) is 48.9 Å². The number of rotatable bonds is 6. The van der Waals surface area contributed by atoms with Gasteiger partial charge < -0.3 is 10.4 Å². The zero-order valence-corrected chi connectivity index (χ0v) is 14.3. The number of amides is 1. The standard InChI is InChI=1S/C18H21N5O2/c1-22-11-14(9-19-22)16(12-24)21-18(25)15-10-20-23(2)17(15)8-13-6-4-3-5-7-13/h3-7,9-11,16,24H,8,12H2,1-2H3,(H,21,25). The molecule has 0 fully saturated rings. The normalized spacial score (nSPS) is 12.1. The van der Waals surface area contributed by atoms with Gasteiger partial charge in [-0.2, -0.15) is 10.2 Å². The Balaban J connectivity index is 1.80. The van der Waals surface area contributed by atoms with Gasteiger partial charge in [-0.25, -0.2) is 0 Å². The van der Waals surface area contributed by atoms with Gasteiger partial charge in [0.15, 0.2) is 0 Å². The molecule has 1 unspecified atom stereocenters. The molecule has 0 bridgehead atoms. The van der Waals surface area contributed by atoms with Crippen LogP contribution >= 0.6 is 0 Å². The molecule has 0 aliphatic heterocycles. The van der Waals surface area contributed by atoms with E-state index in [1.54, 1.807) is 35.0 Å². The van der Waals surface area contributed by atoms with Crippen LogP contribution in [-0.4, -0.2) is 37.2 Å². The number of hydrogen-bond acceptors (Lipinski definition) is 4. The minimum Gasteiger partial charge on any atom is -0.394 e. The third-order valence-electron chi connectivity index (χ3n) is 4.14. The minimum atomic E-state index is -0.508. The van der Waals surface area contributed by atoms with Gasteiger partial charge in [0.1, 0.15) is 0 Å². The number of nitrogens with zero attached hydrogens (tertiary/aromatic N) is 4. The van der Waals surface area contributed by atoms with Crippen molar-refractivity contribution >= 4 is 5.91 Å². The second-order valence-electron chi connectivity index (χ2n) is 5.95. The number of benzene rings is 1. The highest BCUT2D eigenvalue weighted by Gasteiger charge is 2.21. The fraction of sp³-hybridized carbons (Fsp3) is 0.278. The summed E-state index contributed by atoms with van der Waals surface area (Å²) in [7, 11) is 3.61. The molecule has 1 amide bonds. The maximum Gasteiger partial charge on any atom is 0.255 e. The number of carbonyl (C=O) groups is 1. The van der Waals surface area contributed by atoms with Crippen molar-refractivity contribution in [2.24, 2.45) is 14.1 Å². The van der Waals surface area contributed by atoms with E-state index >= 15 is 0 Å². The van der Waals surface area contributed by atoms with Crippen molar-refractivity contribution < 1.29 is 9.90 Å². The molecule has 3 rings (SSSR count). The van der Waals surface area contributed by atoms with Gasteiger partial charge in [-0.1, -0.05) is 30.3 Å². The van der Waals surface area contributed by atoms with Crippen LogP contribution < -0.4 is 5.32 Å². The fourth-order valence-corrected chi connectivity index (χ4v) is 2.74. The van der Waals surface area contributed by atoms with Gasteiger partial charge in [0.25, 0.3) is 5.91 Å². The lowest BCUT2D eigenvalue weighted by Gasteiger charge is -2.15. The largest absolute Gasteiger partial charge is 0.394 e. The lowest BCUT2D eigenvalue weighted by molar-refractivity contribution is 0.0915. The predicted molar refractivity (Wildman–Crippen MR) is 93.0 cm³/mol. The summed E-state index contributed by atoms with van der Waals surface area (Å²) in [6, 6.07) is 9.42. The highest BCUT2D eigenvalue weighted by atomic mass is 16.3. The Morgan fingerprint density at radius 3 is 2.60 bits per heavy atom. The van der Waals surface area contributed by atoms with Crippen LogP contribution in [0.1, 0.15) is 33.2 Å². The highest BCUT2D eigenvalue weighted by Crippen LogP contribution is 2.16. The molecular formula is C18H21N5O2. The van der Waals surface area contributed by atoms with Crippen LogP contribution in [-0.2, 0) is 20.5 Å². The van der Waals surface area contributed by atoms with Gasteiger partial charge >= 0.3 is 0 Å². The molecule has 0 saturated carbocycles. The van der Waals surface area contributed by atoms with E-state index in [2.05, 4.69) is 15.5 Å². The van der Waals surface area contributed by atoms with Crippen molar-refractivity contribution in [1.82, 2.24) is 24.9 Å². The molecule has 7 heteroatoms. The molecule has 130 valence electrons. The van der Waals surface area contributed by atoms with Crippen LogP contribution in [0.3, 0.4) is 0 Å². The zero-order valence-electron chi connectivity index (χ0n) is 14.3. The van der Waals surface area contributed by atoms with E-state index < -0.39 is 6.04 Å². The van der Waals surface area contributed by atoms with Gasteiger partial charge in [-0.3, -0.25) is 14.2 Å². The van der Waals surface area contributed by atoms with Crippen molar-refractivity contribution in [3.05, 3.63) is 71.3 Å². The Morgan fingerprint density at radius 2 is 1.96 bits per heavy atom. The summed E-state index contributed by atoms with van der Waals surface area (Å²) in [5, 5.41) is 20.8. The Kier molecular flexibility index (Phi) is 4.95. The summed E-state index contributed by atoms with van der Waals surface area (Å²) >= 11 is 0. The summed E-state index contributed by atoms with van der Waals surface area (Å²) in [6.45, 7) is -0.203. The van der Waals surface area contributed by atoms with E-state index in [1.165, 1.54) is 0 Å². The van der Waals surface area contributed by atoms with Crippen LogP contribution in [0, 0.1) is 0 Å². The van der Waals surface area contributed by atoms with Crippen LogP contribution in [0.4, 0.5) is 0 Å². The monoisotopic (exact) mass is 339 g/mol. The smallest absolute Gasteiger partial charge is 0.255 e. The molecule has 0 radical (unpaired) electrons. The molecule has 3 aromatic rings. The average Bonchev–Trinajstić information content (AvgIpc) is 3.20. The first-order valence-corrected chi connectivity index (χ1v) is 8.03. The molecule has 7 nitrogen and oxygen atoms in total. The fourth-order valence-electron chi connectivity index (χ4n) is 2.74. The van der Waals surface area contributed by atoms with Crippen LogP contribution in [0.25, 0.3) is 0 Å². The zero-order chi connectivity index (χ0) is 17.8. The lowest BCUT2D eigenvalue weighted by Crippen LogP contribution is -2.31. The number of hydrogen-bond donors (Lipinski definition) is 2. The van der Waals surface area contributed by atoms with Gasteiger partial charge in [-0.15, -0.1) is 0 Å². The average molecular weight is 339 g/mol. The molecular weight excluding hydrogens is 318 g/mol. The topological polar surface area (TPSA) is 85.0 Å². The van der Waals surface area contributed by atoms with E-state index in [0.717, 1.165) is 16.8 Å². The Labute approximate surface area is 145 Å². The van der Waals surface area contributed by atoms with E-state index in [-0.39, 0.29) is 12.5 Å². The van der Waals surface area contributed by atoms with Crippen molar-refractivity contribution in [3.8, 4) is 0 Å². The summed E-state index contributed by atoms with van der Waals surface area (Å²) in [5.74, 6) is -0.262. The maximum atomic E-state index is 12.7. The van der Waals surface area contributed by atoms with Crippen molar-refractivity contribution in [2.75, 3.05) is 6.61 Å². The number of aromatic nitrogens is 4. The molecule has 0 spiro atoms. The van der Waals surface area contributed by atoms with Crippen LogP contribution in [0.5, 0.6) is 0 Å². The second kappa shape index (κ2) is 7.31. The summed E-state index contributed by atoms with van der Waals surface area (Å²) in [6.07, 6.45) is 5.58. The first kappa shape index (κ1) is 16.9. The lowest BCUT2D eigenvalue weighted by atomic mass is 10.1. The summed E-state index contributed by atoms with van der Waals surface area (Å²) < 4.78 is 3.34. The highest BCUT2D eigenvalue weighted by molar-refractivity contribution is 5.95. The number of aliphatic hydroxyl groups is 1. The second-order valence-corrected chi connectivity index (χ2v) is 5.95. The van der Waals surface area contributed by atoms with E-state index in [4.69, 9.17) is 0 Å². The van der Waals surface area contributed by atoms with E-state index in [0.29, 0.717) is 12.0 Å². The van der Waals surface area contributed by atoms with Crippen molar-refractivity contribution in [2.45, 2.75) is 12.5 Å². The van der Waals surface area contributed by atoms with Gasteiger partial charge in [0.05, 0.1) is 36.3 Å².